The van der Waals surface area contributed by atoms with E-state index in [4.69, 9.17) is 10.6 Å². The van der Waals surface area contributed by atoms with E-state index in [1.165, 1.54) is 28.6 Å². The summed E-state index contributed by atoms with van der Waals surface area (Å²) in [6, 6.07) is 13.7. The van der Waals surface area contributed by atoms with Gasteiger partial charge in [0.2, 0.25) is 5.16 Å². The Hall–Kier alpha value is -3.27. The lowest BCUT2D eigenvalue weighted by Crippen LogP contribution is -2.17. The molecule has 0 amide bonds. The van der Waals surface area contributed by atoms with Crippen molar-refractivity contribution in [2.24, 2.45) is 0 Å². The highest BCUT2D eigenvalue weighted by molar-refractivity contribution is 7.99. The number of fused-ring (bicyclic) bond motifs is 1. The molecule has 0 atom stereocenters. The maximum atomic E-state index is 13.6. The monoisotopic (exact) mass is 414 g/mol. The number of benzene rings is 2. The number of nitrogens with one attached hydrogen (secondary N) is 1. The Balaban J connectivity index is 1.32. The number of ether oxygens (including phenoxy) is 1. The fraction of sp³-hybridized carbons (Fsp3) is 0.211. The van der Waals surface area contributed by atoms with Crippen LogP contribution in [0, 0.1) is 5.82 Å². The van der Waals surface area contributed by atoms with Crippen LogP contribution in [-0.2, 0) is 13.2 Å². The first-order valence-electron chi connectivity index (χ1n) is 9.00. The van der Waals surface area contributed by atoms with E-state index in [9.17, 15) is 9.18 Å². The van der Waals surface area contributed by atoms with Gasteiger partial charge in [-0.1, -0.05) is 36.0 Å². The number of nitrogen functional groups attached to an aromatic ring is 1. The number of thioether (sulfide) groups is 1. The smallest absolute Gasteiger partial charge is 0.326 e. The number of nitrogens with two attached hydrogens (primary N) is 1. The third kappa shape index (κ3) is 4.11. The molecule has 0 unspecified atom stereocenters. The van der Waals surface area contributed by atoms with Crippen LogP contribution in [0.5, 0.6) is 5.75 Å². The molecule has 8 nitrogen and oxygen atoms in total. The Morgan fingerprint density at radius 3 is 2.79 bits per heavy atom. The standard InChI is InChI=1S/C19H19FN6O2S/c20-13-6-1-4-9-16(13)28-12-17-23-24-19(26(17)21)29-11-5-10-25-15-8-3-2-7-14(15)22-18(25)27/h1-4,6-9H,5,10-12,21H2,(H,22,27). The van der Waals surface area contributed by atoms with E-state index in [1.807, 2.05) is 24.3 Å². The molecule has 0 aliphatic carbocycles. The van der Waals surface area contributed by atoms with Gasteiger partial charge in [0.05, 0.1) is 11.0 Å². The zero-order valence-electron chi connectivity index (χ0n) is 15.4. The second-order valence-electron chi connectivity index (χ2n) is 6.29. The highest BCUT2D eigenvalue weighted by Gasteiger charge is 2.12. The number of nitrogens with zero attached hydrogens (tertiary/aromatic N) is 4. The minimum absolute atomic E-state index is 0.00965. The molecule has 2 aromatic heterocycles. The van der Waals surface area contributed by atoms with Gasteiger partial charge in [0, 0.05) is 12.3 Å². The number of hydrogen-bond acceptors (Lipinski definition) is 6. The fourth-order valence-corrected chi connectivity index (χ4v) is 3.72. The lowest BCUT2D eigenvalue weighted by molar-refractivity contribution is 0.277. The summed E-state index contributed by atoms with van der Waals surface area (Å²) < 4.78 is 22.1. The SMILES string of the molecule is Nn1c(COc2ccccc2F)nnc1SCCCn1c(=O)[nH]c2ccccc21. The van der Waals surface area contributed by atoms with Gasteiger partial charge in [-0.2, -0.15) is 0 Å². The number of para-hydroxylation sites is 3. The predicted molar refractivity (Wildman–Crippen MR) is 109 cm³/mol. The van der Waals surface area contributed by atoms with Crippen molar-refractivity contribution in [2.75, 3.05) is 11.6 Å². The molecular formula is C19H19FN6O2S. The molecule has 10 heteroatoms. The topological polar surface area (TPSA) is 104 Å². The zero-order chi connectivity index (χ0) is 20.2. The van der Waals surface area contributed by atoms with Gasteiger partial charge >= 0.3 is 5.69 Å². The van der Waals surface area contributed by atoms with Crippen molar-refractivity contribution < 1.29 is 9.13 Å². The first-order chi connectivity index (χ1) is 14.1. The molecular weight excluding hydrogens is 395 g/mol. The number of aryl methyl sites for hydroxylation is 1. The molecule has 0 bridgehead atoms. The zero-order valence-corrected chi connectivity index (χ0v) is 16.2. The molecule has 4 rings (SSSR count). The van der Waals surface area contributed by atoms with E-state index in [1.54, 1.807) is 16.7 Å². The molecule has 2 aromatic carbocycles. The molecule has 0 radical (unpaired) electrons. The first-order valence-corrected chi connectivity index (χ1v) is 9.99. The molecule has 4 aromatic rings. The number of aromatic amines is 1. The minimum atomic E-state index is -0.447. The van der Waals surface area contributed by atoms with Gasteiger partial charge in [-0.25, -0.2) is 13.9 Å². The Bertz CT molecular complexity index is 1180. The van der Waals surface area contributed by atoms with Crippen LogP contribution in [0.15, 0.2) is 58.5 Å². The Morgan fingerprint density at radius 2 is 1.93 bits per heavy atom. The van der Waals surface area contributed by atoms with Gasteiger partial charge in [0.1, 0.15) is 6.61 Å². The maximum Gasteiger partial charge on any atom is 0.326 e. The quantitative estimate of drug-likeness (QED) is 0.261. The number of H-pyrrole nitrogens is 1. The highest BCUT2D eigenvalue weighted by atomic mass is 32.2. The van der Waals surface area contributed by atoms with E-state index in [0.29, 0.717) is 23.3 Å². The highest BCUT2D eigenvalue weighted by Crippen LogP contribution is 2.19. The second kappa shape index (κ2) is 8.39. The Labute approximate surface area is 169 Å². The molecule has 150 valence electrons. The molecule has 0 saturated carbocycles. The van der Waals surface area contributed by atoms with E-state index in [2.05, 4.69) is 15.2 Å². The van der Waals surface area contributed by atoms with Crippen molar-refractivity contribution in [3.05, 3.63) is 70.7 Å². The summed E-state index contributed by atoms with van der Waals surface area (Å²) >= 11 is 1.43. The summed E-state index contributed by atoms with van der Waals surface area (Å²) in [5.41, 5.74) is 1.59. The lowest BCUT2D eigenvalue weighted by Gasteiger charge is -2.07. The van der Waals surface area contributed by atoms with E-state index in [0.717, 1.165) is 17.5 Å². The third-order valence-corrected chi connectivity index (χ3v) is 5.40. The second-order valence-corrected chi connectivity index (χ2v) is 7.35. The number of imidazole rings is 1. The van der Waals surface area contributed by atoms with Crippen LogP contribution >= 0.6 is 11.8 Å². The van der Waals surface area contributed by atoms with Gasteiger partial charge in [-0.05, 0) is 30.7 Å². The number of halogens is 1. The van der Waals surface area contributed by atoms with Gasteiger partial charge in [-0.3, -0.25) is 4.57 Å². The summed E-state index contributed by atoms with van der Waals surface area (Å²) in [7, 11) is 0. The summed E-state index contributed by atoms with van der Waals surface area (Å²) in [6.45, 7) is 0.591. The van der Waals surface area contributed by atoms with Crippen LogP contribution in [-0.4, -0.2) is 30.2 Å². The number of hydrogen-bond donors (Lipinski definition) is 2. The predicted octanol–water partition coefficient (Wildman–Crippen LogP) is 2.54. The Morgan fingerprint density at radius 1 is 1.14 bits per heavy atom. The van der Waals surface area contributed by atoms with Gasteiger partial charge in [0.15, 0.2) is 17.4 Å². The maximum absolute atomic E-state index is 13.6. The van der Waals surface area contributed by atoms with Crippen LogP contribution in [0.2, 0.25) is 0 Å². The fourth-order valence-electron chi connectivity index (χ4n) is 2.92. The molecule has 0 saturated heterocycles. The summed E-state index contributed by atoms with van der Waals surface area (Å²) in [5, 5.41) is 8.59. The molecule has 0 spiro atoms. The third-order valence-electron chi connectivity index (χ3n) is 4.37. The van der Waals surface area contributed by atoms with Crippen molar-refractivity contribution in [1.29, 1.82) is 0 Å². The molecule has 3 N–H and O–H groups in total. The summed E-state index contributed by atoms with van der Waals surface area (Å²) in [5.74, 6) is 6.80. The summed E-state index contributed by atoms with van der Waals surface area (Å²) in [6.07, 6.45) is 0.750. The lowest BCUT2D eigenvalue weighted by atomic mass is 10.3. The van der Waals surface area contributed by atoms with Gasteiger partial charge < -0.3 is 15.6 Å². The van der Waals surface area contributed by atoms with E-state index < -0.39 is 5.82 Å². The molecule has 0 fully saturated rings. The summed E-state index contributed by atoms with van der Waals surface area (Å²) in [4.78, 5) is 14.9. The first kappa shape index (κ1) is 19.1. The van der Waals surface area contributed by atoms with E-state index >= 15 is 0 Å². The van der Waals surface area contributed by atoms with Crippen molar-refractivity contribution in [2.45, 2.75) is 24.7 Å². The van der Waals surface area contributed by atoms with Crippen molar-refractivity contribution in [1.82, 2.24) is 24.4 Å². The Kier molecular flexibility index (Phi) is 5.52. The van der Waals surface area contributed by atoms with Crippen molar-refractivity contribution >= 4 is 22.8 Å². The average Bonchev–Trinajstić information content (AvgIpc) is 3.24. The van der Waals surface area contributed by atoms with Crippen LogP contribution in [0.1, 0.15) is 12.2 Å². The number of rotatable bonds is 8. The van der Waals surface area contributed by atoms with Crippen molar-refractivity contribution in [3.63, 3.8) is 0 Å². The van der Waals surface area contributed by atoms with Crippen LogP contribution in [0.3, 0.4) is 0 Å². The van der Waals surface area contributed by atoms with Gasteiger partial charge in [0.25, 0.3) is 0 Å². The van der Waals surface area contributed by atoms with Crippen LogP contribution < -0.4 is 16.3 Å². The largest absolute Gasteiger partial charge is 0.482 e. The minimum Gasteiger partial charge on any atom is -0.482 e. The molecule has 0 aliphatic rings. The van der Waals surface area contributed by atoms with Crippen LogP contribution in [0.4, 0.5) is 4.39 Å². The van der Waals surface area contributed by atoms with Gasteiger partial charge in [-0.15, -0.1) is 10.2 Å². The average molecular weight is 414 g/mol. The van der Waals surface area contributed by atoms with E-state index in [-0.39, 0.29) is 18.0 Å². The molecule has 0 aliphatic heterocycles. The normalized spacial score (nSPS) is 11.2. The molecule has 29 heavy (non-hydrogen) atoms. The van der Waals surface area contributed by atoms with Crippen LogP contribution in [0.25, 0.3) is 11.0 Å². The van der Waals surface area contributed by atoms with Crippen molar-refractivity contribution in [3.8, 4) is 5.75 Å². The molecule has 2 heterocycles. The number of aromatic nitrogens is 5.